The van der Waals surface area contributed by atoms with Crippen molar-refractivity contribution in [1.29, 1.82) is 0 Å². The number of hydrogen-bond acceptors (Lipinski definition) is 6. The monoisotopic (exact) mass is 436 g/mol. The summed E-state index contributed by atoms with van der Waals surface area (Å²) in [6.07, 6.45) is 7.06. The Hall–Kier alpha value is -2.58. The molecule has 5 rings (SSSR count). The van der Waals surface area contributed by atoms with Gasteiger partial charge in [-0.05, 0) is 84.7 Å². The van der Waals surface area contributed by atoms with E-state index in [0.717, 1.165) is 61.1 Å². The molecule has 1 saturated carbocycles. The normalized spacial score (nSPS) is 19.5. The van der Waals surface area contributed by atoms with Gasteiger partial charge >= 0.3 is 0 Å². The summed E-state index contributed by atoms with van der Waals surface area (Å²) in [5, 5.41) is 13.7. The van der Waals surface area contributed by atoms with Gasteiger partial charge in [0.15, 0.2) is 5.82 Å². The number of nitrogens with zero attached hydrogens (tertiary/aromatic N) is 5. The molecule has 170 valence electrons. The number of pyridine rings is 1. The molecule has 1 saturated heterocycles. The van der Waals surface area contributed by atoms with Crippen LogP contribution in [-0.2, 0) is 17.8 Å². The number of aryl methyl sites for hydroxylation is 2. The molecule has 0 bridgehead atoms. The number of ether oxygens (including phenoxy) is 1. The van der Waals surface area contributed by atoms with E-state index in [4.69, 9.17) is 4.74 Å². The van der Waals surface area contributed by atoms with Crippen molar-refractivity contribution in [3.05, 3.63) is 51.1 Å². The average molecular weight is 437 g/mol. The van der Waals surface area contributed by atoms with Crippen LogP contribution in [0.5, 0.6) is 0 Å². The van der Waals surface area contributed by atoms with Crippen molar-refractivity contribution in [1.82, 2.24) is 30.1 Å². The van der Waals surface area contributed by atoms with Crippen LogP contribution in [0.4, 0.5) is 0 Å². The van der Waals surface area contributed by atoms with Gasteiger partial charge in [-0.3, -0.25) is 9.69 Å². The fourth-order valence-electron chi connectivity index (χ4n) is 5.09. The SMILES string of the molecule is Cc1cc2cc(CN(Cc3nnnn3C3CCCC3)CC3CCCO3)c(=O)[nH]c2cc1C. The topological polar surface area (TPSA) is 88.9 Å². The van der Waals surface area contributed by atoms with Crippen LogP contribution < -0.4 is 5.56 Å². The molecule has 1 aliphatic heterocycles. The third-order valence-corrected chi connectivity index (χ3v) is 7.01. The highest BCUT2D eigenvalue weighted by atomic mass is 16.5. The molecule has 0 amide bonds. The molecule has 32 heavy (non-hydrogen) atoms. The van der Waals surface area contributed by atoms with Gasteiger partial charge in [0.2, 0.25) is 0 Å². The molecule has 3 aromatic rings. The second-order valence-corrected chi connectivity index (χ2v) is 9.43. The molecule has 2 aliphatic rings. The van der Waals surface area contributed by atoms with Gasteiger partial charge in [0.1, 0.15) is 0 Å². The Balaban J connectivity index is 1.42. The standard InChI is InChI=1S/C24H32N6O2/c1-16-10-18-12-19(24(31)25-22(18)11-17(16)2)13-29(14-21-8-5-9-32-21)15-23-26-27-28-30(23)20-6-3-4-7-20/h10-12,20-21H,3-9,13-15H2,1-2H3,(H,25,31). The van der Waals surface area contributed by atoms with Crippen molar-refractivity contribution in [2.24, 2.45) is 0 Å². The molecule has 0 spiro atoms. The van der Waals surface area contributed by atoms with E-state index in [-0.39, 0.29) is 11.7 Å². The predicted molar refractivity (Wildman–Crippen MR) is 122 cm³/mol. The highest BCUT2D eigenvalue weighted by Crippen LogP contribution is 2.29. The smallest absolute Gasteiger partial charge is 0.252 e. The Labute approximate surface area is 188 Å². The zero-order chi connectivity index (χ0) is 22.1. The van der Waals surface area contributed by atoms with Crippen LogP contribution in [0.3, 0.4) is 0 Å². The maximum atomic E-state index is 12.9. The van der Waals surface area contributed by atoms with Crippen LogP contribution in [0.2, 0.25) is 0 Å². The van der Waals surface area contributed by atoms with E-state index >= 15 is 0 Å². The fraction of sp³-hybridized carbons (Fsp3) is 0.583. The molecule has 2 aromatic heterocycles. The minimum absolute atomic E-state index is 0.0338. The first-order valence-corrected chi connectivity index (χ1v) is 11.8. The third kappa shape index (κ3) is 4.47. The Kier molecular flexibility index (Phi) is 6.06. The number of aromatic amines is 1. The molecule has 1 atom stereocenters. The molecular weight excluding hydrogens is 404 g/mol. The molecule has 1 N–H and O–H groups in total. The van der Waals surface area contributed by atoms with Crippen molar-refractivity contribution in [3.8, 4) is 0 Å². The molecule has 8 heteroatoms. The Morgan fingerprint density at radius 1 is 1.09 bits per heavy atom. The summed E-state index contributed by atoms with van der Waals surface area (Å²) in [5.74, 6) is 0.874. The highest BCUT2D eigenvalue weighted by molar-refractivity contribution is 5.80. The molecule has 1 unspecified atom stereocenters. The Morgan fingerprint density at radius 3 is 2.69 bits per heavy atom. The van der Waals surface area contributed by atoms with E-state index in [0.29, 0.717) is 19.1 Å². The summed E-state index contributed by atoms with van der Waals surface area (Å²) in [7, 11) is 0. The van der Waals surface area contributed by atoms with Crippen molar-refractivity contribution >= 4 is 10.9 Å². The third-order valence-electron chi connectivity index (χ3n) is 7.01. The van der Waals surface area contributed by atoms with Crippen molar-refractivity contribution < 1.29 is 4.74 Å². The lowest BCUT2D eigenvalue weighted by atomic mass is 10.0. The van der Waals surface area contributed by atoms with E-state index in [9.17, 15) is 4.79 Å². The molecule has 8 nitrogen and oxygen atoms in total. The second-order valence-electron chi connectivity index (χ2n) is 9.43. The van der Waals surface area contributed by atoms with Crippen LogP contribution in [0, 0.1) is 13.8 Å². The summed E-state index contributed by atoms with van der Waals surface area (Å²) >= 11 is 0. The lowest BCUT2D eigenvalue weighted by Crippen LogP contribution is -2.34. The maximum absolute atomic E-state index is 12.9. The fourth-order valence-corrected chi connectivity index (χ4v) is 5.09. The van der Waals surface area contributed by atoms with Gasteiger partial charge < -0.3 is 9.72 Å². The first-order valence-electron chi connectivity index (χ1n) is 11.8. The maximum Gasteiger partial charge on any atom is 0.252 e. The number of nitrogens with one attached hydrogen (secondary N) is 1. The number of aromatic nitrogens is 5. The van der Waals surface area contributed by atoms with E-state index in [1.54, 1.807) is 0 Å². The van der Waals surface area contributed by atoms with Gasteiger partial charge in [-0.1, -0.05) is 12.8 Å². The van der Waals surface area contributed by atoms with Gasteiger partial charge in [-0.25, -0.2) is 4.68 Å². The molecule has 1 aromatic carbocycles. The summed E-state index contributed by atoms with van der Waals surface area (Å²) in [6.45, 7) is 6.89. The van der Waals surface area contributed by atoms with Gasteiger partial charge in [0, 0.05) is 30.8 Å². The van der Waals surface area contributed by atoms with E-state index < -0.39 is 0 Å². The van der Waals surface area contributed by atoms with E-state index in [1.165, 1.54) is 24.0 Å². The van der Waals surface area contributed by atoms with Gasteiger partial charge in [0.05, 0.1) is 18.7 Å². The van der Waals surface area contributed by atoms with Gasteiger partial charge in [0.25, 0.3) is 5.56 Å². The lowest BCUT2D eigenvalue weighted by molar-refractivity contribution is 0.0661. The van der Waals surface area contributed by atoms with Crippen LogP contribution >= 0.6 is 0 Å². The van der Waals surface area contributed by atoms with E-state index in [2.05, 4.69) is 51.4 Å². The largest absolute Gasteiger partial charge is 0.377 e. The molecule has 0 radical (unpaired) electrons. The quantitative estimate of drug-likeness (QED) is 0.610. The van der Waals surface area contributed by atoms with Crippen LogP contribution in [0.15, 0.2) is 23.0 Å². The molecule has 3 heterocycles. The predicted octanol–water partition coefficient (Wildman–Crippen LogP) is 3.43. The summed E-state index contributed by atoms with van der Waals surface area (Å²) < 4.78 is 7.92. The Bertz CT molecular complexity index is 1140. The summed E-state index contributed by atoms with van der Waals surface area (Å²) in [5.41, 5.74) is 4.02. The number of fused-ring (bicyclic) bond motifs is 1. The van der Waals surface area contributed by atoms with Gasteiger partial charge in [-0.2, -0.15) is 0 Å². The lowest BCUT2D eigenvalue weighted by Gasteiger charge is -2.25. The summed E-state index contributed by atoms with van der Waals surface area (Å²) in [6, 6.07) is 6.62. The average Bonchev–Trinajstić information content (AvgIpc) is 3.52. The minimum atomic E-state index is -0.0338. The summed E-state index contributed by atoms with van der Waals surface area (Å²) in [4.78, 5) is 18.3. The minimum Gasteiger partial charge on any atom is -0.377 e. The zero-order valence-corrected chi connectivity index (χ0v) is 19.0. The van der Waals surface area contributed by atoms with E-state index in [1.807, 2.05) is 10.7 Å². The zero-order valence-electron chi connectivity index (χ0n) is 19.0. The molecular formula is C24H32N6O2. The van der Waals surface area contributed by atoms with Crippen molar-refractivity contribution in [3.63, 3.8) is 0 Å². The first kappa shape index (κ1) is 21.3. The number of rotatable bonds is 7. The molecule has 1 aliphatic carbocycles. The van der Waals surface area contributed by atoms with Crippen molar-refractivity contribution in [2.45, 2.75) is 77.6 Å². The van der Waals surface area contributed by atoms with Crippen molar-refractivity contribution in [2.75, 3.05) is 13.2 Å². The van der Waals surface area contributed by atoms with Gasteiger partial charge in [-0.15, -0.1) is 5.10 Å². The second kappa shape index (κ2) is 9.11. The number of tetrazole rings is 1. The van der Waals surface area contributed by atoms with Crippen LogP contribution in [0.25, 0.3) is 10.9 Å². The Morgan fingerprint density at radius 2 is 1.91 bits per heavy atom. The number of H-pyrrole nitrogens is 1. The van der Waals surface area contributed by atoms with Crippen LogP contribution in [0.1, 0.15) is 67.1 Å². The molecule has 2 fully saturated rings. The highest BCUT2D eigenvalue weighted by Gasteiger charge is 2.25. The first-order chi connectivity index (χ1) is 15.6. The van der Waals surface area contributed by atoms with Crippen LogP contribution in [-0.4, -0.2) is 49.3 Å². The number of hydrogen-bond donors (Lipinski definition) is 1. The number of benzene rings is 1.